The molecule has 1 radical (unpaired) electrons. The van der Waals surface area contributed by atoms with Gasteiger partial charge in [0.05, 0.1) is 0 Å². The summed E-state index contributed by atoms with van der Waals surface area (Å²) in [5.74, 6) is -1.60. The lowest BCUT2D eigenvalue weighted by Gasteiger charge is -1.98. The average Bonchev–Trinajstić information content (AvgIpc) is 2.12. The Bertz CT molecular complexity index is 421. The molecule has 0 heterocycles. The van der Waals surface area contributed by atoms with E-state index in [9.17, 15) is 8.78 Å². The number of halogens is 2. The van der Waals surface area contributed by atoms with Gasteiger partial charge in [0.15, 0.2) is 11.6 Å². The smallest absolute Gasteiger partial charge is 0.166 e. The maximum absolute atomic E-state index is 13.0. The zero-order valence-corrected chi connectivity index (χ0v) is 6.14. The summed E-state index contributed by atoms with van der Waals surface area (Å²) in [5.41, 5.74) is 0. The molecule has 59 valence electrons. The van der Waals surface area contributed by atoms with Crippen LogP contribution in [-0.4, -0.2) is 0 Å². The van der Waals surface area contributed by atoms with Crippen LogP contribution in [0.4, 0.5) is 8.78 Å². The summed E-state index contributed by atoms with van der Waals surface area (Å²) in [4.78, 5) is 0. The minimum atomic E-state index is -0.811. The highest BCUT2D eigenvalue weighted by Gasteiger charge is 2.04. The molecule has 0 aliphatic heterocycles. The second-order valence-corrected chi connectivity index (χ2v) is 2.51. The fourth-order valence-electron chi connectivity index (χ4n) is 1.15. The van der Waals surface area contributed by atoms with Crippen LogP contribution in [0.15, 0.2) is 30.3 Å². The van der Waals surface area contributed by atoms with Gasteiger partial charge in [-0.15, -0.1) is 0 Å². The molecule has 0 atom stereocenters. The monoisotopic (exact) mass is 163 g/mol. The van der Waals surface area contributed by atoms with E-state index in [-0.39, 0.29) is 0 Å². The summed E-state index contributed by atoms with van der Waals surface area (Å²) in [5, 5.41) is 0.963. The molecule has 0 bridgehead atoms. The van der Waals surface area contributed by atoms with Crippen molar-refractivity contribution < 1.29 is 8.78 Å². The predicted molar refractivity (Wildman–Crippen MR) is 42.7 cm³/mol. The van der Waals surface area contributed by atoms with Gasteiger partial charge in [-0.1, -0.05) is 18.2 Å². The van der Waals surface area contributed by atoms with Crippen molar-refractivity contribution in [3.63, 3.8) is 0 Å². The molecule has 12 heavy (non-hydrogen) atoms. The summed E-state index contributed by atoms with van der Waals surface area (Å²) < 4.78 is 25.7. The topological polar surface area (TPSA) is 0 Å². The van der Waals surface area contributed by atoms with Gasteiger partial charge in [0, 0.05) is 5.39 Å². The van der Waals surface area contributed by atoms with E-state index in [1.54, 1.807) is 12.1 Å². The number of hydrogen-bond acceptors (Lipinski definition) is 0. The Morgan fingerprint density at radius 3 is 2.75 bits per heavy atom. The van der Waals surface area contributed by atoms with E-state index in [2.05, 4.69) is 6.07 Å². The summed E-state index contributed by atoms with van der Waals surface area (Å²) in [7, 11) is 0. The van der Waals surface area contributed by atoms with Gasteiger partial charge in [0.25, 0.3) is 0 Å². The Labute approximate surface area is 68.4 Å². The molecule has 0 saturated heterocycles. The zero-order valence-electron chi connectivity index (χ0n) is 6.14. The quantitative estimate of drug-likeness (QED) is 0.560. The lowest BCUT2D eigenvalue weighted by atomic mass is 10.1. The van der Waals surface area contributed by atoms with E-state index < -0.39 is 11.6 Å². The highest BCUT2D eigenvalue weighted by Crippen LogP contribution is 2.19. The van der Waals surface area contributed by atoms with Gasteiger partial charge in [-0.05, 0) is 23.6 Å². The second kappa shape index (κ2) is 2.55. The van der Waals surface area contributed by atoms with Crippen molar-refractivity contribution in [2.45, 2.75) is 0 Å². The maximum Gasteiger partial charge on any atom is 0.166 e. The van der Waals surface area contributed by atoms with E-state index in [4.69, 9.17) is 0 Å². The van der Waals surface area contributed by atoms with Gasteiger partial charge in [0.2, 0.25) is 0 Å². The molecule has 0 unspecified atom stereocenters. The van der Waals surface area contributed by atoms with Crippen molar-refractivity contribution in [3.05, 3.63) is 48.0 Å². The summed E-state index contributed by atoms with van der Waals surface area (Å²) in [6.45, 7) is 0. The normalized spacial score (nSPS) is 10.5. The van der Waals surface area contributed by atoms with Crippen LogP contribution in [0.2, 0.25) is 0 Å². The van der Waals surface area contributed by atoms with Crippen molar-refractivity contribution >= 4 is 10.8 Å². The molecular weight excluding hydrogens is 158 g/mol. The average molecular weight is 163 g/mol. The highest BCUT2D eigenvalue weighted by atomic mass is 19.2. The molecule has 2 aromatic carbocycles. The standard InChI is InChI=1S/C10H5F2/c11-9-6-5-7-3-1-2-4-8(7)10(9)12/h2-6H. The molecule has 2 heteroatoms. The van der Waals surface area contributed by atoms with Crippen LogP contribution in [0.3, 0.4) is 0 Å². The SMILES string of the molecule is Fc1ccc2c[c]ccc2c1F. The van der Waals surface area contributed by atoms with Gasteiger partial charge < -0.3 is 0 Å². The first-order valence-electron chi connectivity index (χ1n) is 3.53. The lowest BCUT2D eigenvalue weighted by molar-refractivity contribution is 0.517. The molecule has 0 spiro atoms. The third-order valence-corrected chi connectivity index (χ3v) is 1.75. The summed E-state index contributed by atoms with van der Waals surface area (Å²) >= 11 is 0. The number of benzene rings is 2. The fourth-order valence-corrected chi connectivity index (χ4v) is 1.15. The van der Waals surface area contributed by atoms with Crippen LogP contribution in [0, 0.1) is 17.7 Å². The van der Waals surface area contributed by atoms with Gasteiger partial charge in [-0.2, -0.15) is 0 Å². The molecule has 2 rings (SSSR count). The molecule has 0 amide bonds. The van der Waals surface area contributed by atoms with Crippen LogP contribution in [-0.2, 0) is 0 Å². The fraction of sp³-hybridized carbons (Fsp3) is 0. The van der Waals surface area contributed by atoms with Crippen LogP contribution in [0.5, 0.6) is 0 Å². The minimum Gasteiger partial charge on any atom is -0.204 e. The Morgan fingerprint density at radius 2 is 1.92 bits per heavy atom. The van der Waals surface area contributed by atoms with Crippen LogP contribution >= 0.6 is 0 Å². The highest BCUT2D eigenvalue weighted by molar-refractivity contribution is 5.82. The van der Waals surface area contributed by atoms with E-state index in [1.165, 1.54) is 12.1 Å². The molecule has 0 aliphatic rings. The Hall–Kier alpha value is -1.44. The third kappa shape index (κ3) is 0.961. The molecule has 0 aliphatic carbocycles. The van der Waals surface area contributed by atoms with Crippen molar-refractivity contribution in [1.82, 2.24) is 0 Å². The molecule has 0 N–H and O–H groups in total. The molecule has 0 aromatic heterocycles. The number of hydrogen-bond donors (Lipinski definition) is 0. The molecule has 0 fully saturated rings. The van der Waals surface area contributed by atoms with Crippen LogP contribution in [0.25, 0.3) is 10.8 Å². The van der Waals surface area contributed by atoms with Gasteiger partial charge >= 0.3 is 0 Å². The zero-order chi connectivity index (χ0) is 8.55. The summed E-state index contributed by atoms with van der Waals surface area (Å²) in [6.07, 6.45) is 0. The molecule has 0 saturated carbocycles. The van der Waals surface area contributed by atoms with Crippen LogP contribution < -0.4 is 0 Å². The van der Waals surface area contributed by atoms with Gasteiger partial charge in [-0.25, -0.2) is 8.78 Å². The van der Waals surface area contributed by atoms with Crippen molar-refractivity contribution in [2.75, 3.05) is 0 Å². The molecule has 0 nitrogen and oxygen atoms in total. The summed E-state index contributed by atoms with van der Waals surface area (Å²) in [6, 6.07) is 10.1. The van der Waals surface area contributed by atoms with Crippen molar-refractivity contribution in [1.29, 1.82) is 0 Å². The number of fused-ring (bicyclic) bond motifs is 1. The van der Waals surface area contributed by atoms with Crippen molar-refractivity contribution in [2.24, 2.45) is 0 Å². The Kier molecular flexibility index (Phi) is 1.54. The van der Waals surface area contributed by atoms with Gasteiger partial charge in [0.1, 0.15) is 0 Å². The largest absolute Gasteiger partial charge is 0.204 e. The Morgan fingerprint density at radius 1 is 1.08 bits per heavy atom. The Balaban J connectivity index is 2.91. The maximum atomic E-state index is 13.0. The van der Waals surface area contributed by atoms with Crippen LogP contribution in [0.1, 0.15) is 0 Å². The van der Waals surface area contributed by atoms with E-state index in [1.807, 2.05) is 0 Å². The predicted octanol–water partition coefficient (Wildman–Crippen LogP) is 2.92. The van der Waals surface area contributed by atoms with Crippen molar-refractivity contribution in [3.8, 4) is 0 Å². The van der Waals surface area contributed by atoms with E-state index >= 15 is 0 Å². The minimum absolute atomic E-state index is 0.300. The second-order valence-electron chi connectivity index (χ2n) is 2.51. The molecular formula is C10H5F2. The first-order chi connectivity index (χ1) is 5.79. The number of rotatable bonds is 0. The lowest BCUT2D eigenvalue weighted by Crippen LogP contribution is -1.84. The molecule has 2 aromatic rings. The first kappa shape index (κ1) is 7.22. The third-order valence-electron chi connectivity index (χ3n) is 1.75. The van der Waals surface area contributed by atoms with E-state index in [0.29, 0.717) is 10.8 Å². The first-order valence-corrected chi connectivity index (χ1v) is 3.53. The van der Waals surface area contributed by atoms with Gasteiger partial charge in [-0.3, -0.25) is 0 Å². The van der Waals surface area contributed by atoms with E-state index in [0.717, 1.165) is 6.07 Å².